The Morgan fingerprint density at radius 3 is 2.59 bits per heavy atom. The third kappa shape index (κ3) is 3.78. The van der Waals surface area contributed by atoms with Crippen LogP contribution in [-0.4, -0.2) is 29.5 Å². The fourth-order valence-corrected chi connectivity index (χ4v) is 0.972. The summed E-state index contributed by atoms with van der Waals surface area (Å²) in [7, 11) is 1.38. The molecule has 4 N–H and O–H groups in total. The lowest BCUT2D eigenvalue weighted by atomic mass is 10.3. The van der Waals surface area contributed by atoms with Crippen molar-refractivity contribution in [2.24, 2.45) is 5.73 Å². The van der Waals surface area contributed by atoms with Gasteiger partial charge in [0.2, 0.25) is 11.9 Å². The second-order valence-corrected chi connectivity index (χ2v) is 3.03. The molecule has 0 atom stereocenters. The molecule has 0 spiro atoms. The van der Waals surface area contributed by atoms with Crippen LogP contribution in [0.2, 0.25) is 0 Å². The molecule has 0 unspecified atom stereocenters. The second kappa shape index (κ2) is 4.85. The van der Waals surface area contributed by atoms with Gasteiger partial charge in [-0.05, 0) is 0 Å². The van der Waals surface area contributed by atoms with Crippen molar-refractivity contribution in [3.63, 3.8) is 0 Å². The van der Waals surface area contributed by atoms with Crippen molar-refractivity contribution >= 4 is 17.7 Å². The highest BCUT2D eigenvalue weighted by atomic mass is 19.4. The number of alkyl halides is 3. The topological polar surface area (TPSA) is 92.9 Å². The first-order valence-corrected chi connectivity index (χ1v) is 4.49. The van der Waals surface area contributed by atoms with Gasteiger partial charge < -0.3 is 16.4 Å². The monoisotopic (exact) mass is 249 g/mol. The maximum Gasteiger partial charge on any atom is 0.433 e. The Bertz CT molecular complexity index is 420. The summed E-state index contributed by atoms with van der Waals surface area (Å²) >= 11 is 0. The van der Waals surface area contributed by atoms with Crippen LogP contribution in [0.15, 0.2) is 6.07 Å². The Kier molecular flexibility index (Phi) is 3.71. The van der Waals surface area contributed by atoms with Crippen LogP contribution in [0.4, 0.5) is 24.9 Å². The van der Waals surface area contributed by atoms with Crippen molar-refractivity contribution in [3.05, 3.63) is 11.8 Å². The van der Waals surface area contributed by atoms with Crippen LogP contribution in [-0.2, 0) is 11.0 Å². The molecule has 0 saturated carbocycles. The fraction of sp³-hybridized carbons (Fsp3) is 0.375. The van der Waals surface area contributed by atoms with Crippen molar-refractivity contribution < 1.29 is 18.0 Å². The minimum Gasteiger partial charge on any atom is -0.368 e. The number of primary amides is 1. The third-order valence-electron chi connectivity index (χ3n) is 1.68. The first-order valence-electron chi connectivity index (χ1n) is 4.49. The van der Waals surface area contributed by atoms with E-state index in [9.17, 15) is 18.0 Å². The summed E-state index contributed by atoms with van der Waals surface area (Å²) in [6, 6.07) is 0.698. The third-order valence-corrected chi connectivity index (χ3v) is 1.68. The van der Waals surface area contributed by atoms with E-state index in [-0.39, 0.29) is 18.3 Å². The Balaban J connectivity index is 3.01. The van der Waals surface area contributed by atoms with Crippen molar-refractivity contribution in [2.45, 2.75) is 6.18 Å². The average Bonchev–Trinajstić information content (AvgIpc) is 2.24. The zero-order chi connectivity index (χ0) is 13.1. The molecule has 1 aromatic heterocycles. The van der Waals surface area contributed by atoms with Gasteiger partial charge in [-0.15, -0.1) is 0 Å². The number of hydrogen-bond acceptors (Lipinski definition) is 5. The number of halogens is 3. The summed E-state index contributed by atoms with van der Waals surface area (Å²) < 4.78 is 37.3. The number of rotatable bonds is 4. The van der Waals surface area contributed by atoms with Crippen LogP contribution < -0.4 is 16.4 Å². The Morgan fingerprint density at radius 1 is 1.47 bits per heavy atom. The van der Waals surface area contributed by atoms with Crippen LogP contribution >= 0.6 is 0 Å². The second-order valence-electron chi connectivity index (χ2n) is 3.03. The predicted molar refractivity (Wildman–Crippen MR) is 54.3 cm³/mol. The quantitative estimate of drug-likeness (QED) is 0.719. The maximum absolute atomic E-state index is 12.4. The Morgan fingerprint density at radius 2 is 2.12 bits per heavy atom. The molecule has 1 rings (SSSR count). The molecule has 0 aliphatic heterocycles. The Hall–Kier alpha value is -2.06. The summed E-state index contributed by atoms with van der Waals surface area (Å²) in [4.78, 5) is 17.4. The minimum absolute atomic E-state index is 0.129. The summed E-state index contributed by atoms with van der Waals surface area (Å²) in [5.41, 5.74) is 3.74. The number of nitrogens with one attached hydrogen (secondary N) is 2. The molecule has 0 aromatic carbocycles. The summed E-state index contributed by atoms with van der Waals surface area (Å²) in [6.45, 7) is -0.308. The largest absolute Gasteiger partial charge is 0.433 e. The summed E-state index contributed by atoms with van der Waals surface area (Å²) in [6.07, 6.45) is -4.59. The molecule has 0 bridgehead atoms. The van der Waals surface area contributed by atoms with E-state index in [4.69, 9.17) is 5.73 Å². The lowest BCUT2D eigenvalue weighted by Crippen LogP contribution is -2.23. The molecule has 17 heavy (non-hydrogen) atoms. The molecule has 1 heterocycles. The fourth-order valence-electron chi connectivity index (χ4n) is 0.972. The molecule has 1 aromatic rings. The van der Waals surface area contributed by atoms with E-state index in [0.717, 1.165) is 0 Å². The van der Waals surface area contributed by atoms with Gasteiger partial charge in [-0.25, -0.2) is 4.98 Å². The van der Waals surface area contributed by atoms with Gasteiger partial charge in [0.05, 0.1) is 6.54 Å². The van der Waals surface area contributed by atoms with Gasteiger partial charge >= 0.3 is 6.18 Å². The minimum atomic E-state index is -4.59. The summed E-state index contributed by atoms with van der Waals surface area (Å²) in [5, 5.41) is 4.75. The smallest absolute Gasteiger partial charge is 0.368 e. The van der Waals surface area contributed by atoms with Crippen LogP contribution in [0, 0.1) is 0 Å². The van der Waals surface area contributed by atoms with Crippen molar-refractivity contribution in [3.8, 4) is 0 Å². The van der Waals surface area contributed by atoms with Gasteiger partial charge in [0.15, 0.2) is 5.69 Å². The Labute approximate surface area is 94.4 Å². The van der Waals surface area contributed by atoms with Gasteiger partial charge in [-0.1, -0.05) is 0 Å². The van der Waals surface area contributed by atoms with Crippen molar-refractivity contribution in [2.75, 3.05) is 24.2 Å². The van der Waals surface area contributed by atoms with Gasteiger partial charge in [0.25, 0.3) is 0 Å². The zero-order valence-corrected chi connectivity index (χ0v) is 8.80. The van der Waals surface area contributed by atoms with E-state index in [2.05, 4.69) is 20.6 Å². The molecular weight excluding hydrogens is 239 g/mol. The van der Waals surface area contributed by atoms with Crippen LogP contribution in [0.3, 0.4) is 0 Å². The molecule has 1 amide bonds. The van der Waals surface area contributed by atoms with Crippen molar-refractivity contribution in [1.29, 1.82) is 0 Å². The summed E-state index contributed by atoms with van der Waals surface area (Å²) in [5.74, 6) is -1.04. The van der Waals surface area contributed by atoms with E-state index in [1.54, 1.807) is 0 Å². The van der Waals surface area contributed by atoms with E-state index < -0.39 is 17.8 Å². The van der Waals surface area contributed by atoms with E-state index >= 15 is 0 Å². The molecule has 6 nitrogen and oxygen atoms in total. The molecule has 0 aliphatic carbocycles. The molecule has 9 heteroatoms. The van der Waals surface area contributed by atoms with Gasteiger partial charge in [0.1, 0.15) is 5.82 Å². The predicted octanol–water partition coefficient (Wildman–Crippen LogP) is 0.434. The first kappa shape index (κ1) is 13.0. The molecule has 0 radical (unpaired) electrons. The normalized spacial score (nSPS) is 11.1. The SMILES string of the molecule is CNc1nc(NCC(N)=O)cc(C(F)(F)F)n1. The molecule has 0 saturated heterocycles. The first-order chi connectivity index (χ1) is 7.82. The molecule has 94 valence electrons. The zero-order valence-electron chi connectivity index (χ0n) is 8.80. The average molecular weight is 249 g/mol. The van der Waals surface area contributed by atoms with Gasteiger partial charge in [-0.3, -0.25) is 4.79 Å². The van der Waals surface area contributed by atoms with Gasteiger partial charge in [0, 0.05) is 13.1 Å². The number of carbonyl (C=O) groups is 1. The lowest BCUT2D eigenvalue weighted by Gasteiger charge is -2.10. The highest BCUT2D eigenvalue weighted by Gasteiger charge is 2.33. The van der Waals surface area contributed by atoms with E-state index in [1.807, 2.05) is 0 Å². The van der Waals surface area contributed by atoms with E-state index in [1.165, 1.54) is 7.05 Å². The van der Waals surface area contributed by atoms with Crippen LogP contribution in [0.1, 0.15) is 5.69 Å². The van der Waals surface area contributed by atoms with Crippen molar-refractivity contribution in [1.82, 2.24) is 9.97 Å². The molecule has 0 aliphatic rings. The number of anilines is 2. The lowest BCUT2D eigenvalue weighted by molar-refractivity contribution is -0.141. The number of nitrogens with two attached hydrogens (primary N) is 1. The number of hydrogen-bond donors (Lipinski definition) is 3. The van der Waals surface area contributed by atoms with E-state index in [0.29, 0.717) is 6.07 Å². The van der Waals surface area contributed by atoms with Crippen LogP contribution in [0.25, 0.3) is 0 Å². The number of nitrogens with zero attached hydrogens (tertiary/aromatic N) is 2. The number of aromatic nitrogens is 2. The maximum atomic E-state index is 12.4. The standard InChI is InChI=1S/C8H10F3N5O/c1-13-7-15-4(8(9,10)11)2-6(16-7)14-3-5(12)17/h2H,3H2,1H3,(H2,12,17)(H2,13,14,15,16). The number of amides is 1. The van der Waals surface area contributed by atoms with Gasteiger partial charge in [-0.2, -0.15) is 18.2 Å². The highest BCUT2D eigenvalue weighted by Crippen LogP contribution is 2.29. The highest BCUT2D eigenvalue weighted by molar-refractivity contribution is 5.78. The van der Waals surface area contributed by atoms with Crippen LogP contribution in [0.5, 0.6) is 0 Å². The number of carbonyl (C=O) groups excluding carboxylic acids is 1. The molecule has 0 fully saturated rings. The molecular formula is C8H10F3N5O.